The molecule has 2 amide bonds. The minimum atomic E-state index is -4.69. The molecule has 2 rings (SSSR count). The van der Waals surface area contributed by atoms with Crippen molar-refractivity contribution in [1.82, 2.24) is 10.2 Å². The Labute approximate surface area is 151 Å². The minimum Gasteiger partial charge on any atom is -0.480 e. The fraction of sp³-hybridized carbons (Fsp3) is 0.500. The van der Waals surface area contributed by atoms with E-state index in [4.69, 9.17) is 9.79 Å². The van der Waals surface area contributed by atoms with Crippen molar-refractivity contribution in [3.63, 3.8) is 0 Å². The Morgan fingerprint density at radius 1 is 1.27 bits per heavy atom. The van der Waals surface area contributed by atoms with Crippen LogP contribution in [0.1, 0.15) is 24.8 Å². The molecule has 0 spiro atoms. The van der Waals surface area contributed by atoms with Gasteiger partial charge >= 0.3 is 19.8 Å². The highest BCUT2D eigenvalue weighted by Crippen LogP contribution is 2.35. The summed E-state index contributed by atoms with van der Waals surface area (Å²) in [4.78, 5) is 43.0. The van der Waals surface area contributed by atoms with Crippen molar-refractivity contribution in [2.45, 2.75) is 37.8 Å². The lowest BCUT2D eigenvalue weighted by molar-refractivity contribution is -0.143. The molecule has 1 aromatic rings. The highest BCUT2D eigenvalue weighted by atomic mass is 31.2. The van der Waals surface area contributed by atoms with Gasteiger partial charge in [-0.05, 0) is 31.2 Å². The molecule has 1 aliphatic heterocycles. The molecule has 0 bridgehead atoms. The van der Waals surface area contributed by atoms with Crippen LogP contribution < -0.4 is 5.32 Å². The molecule has 4 N–H and O–H groups in total. The average molecular weight is 386 g/mol. The first kappa shape index (κ1) is 20.4. The van der Waals surface area contributed by atoms with Gasteiger partial charge in [0.1, 0.15) is 6.04 Å². The summed E-state index contributed by atoms with van der Waals surface area (Å²) in [6, 6.07) is 6.89. The molecule has 1 heterocycles. The molecule has 0 radical (unpaired) electrons. The van der Waals surface area contributed by atoms with Crippen LogP contribution in [0.2, 0.25) is 0 Å². The van der Waals surface area contributed by atoms with Gasteiger partial charge < -0.3 is 25.1 Å². The van der Waals surface area contributed by atoms with Gasteiger partial charge in [-0.25, -0.2) is 14.2 Å². The molecule has 1 saturated heterocycles. The first-order valence-electron chi connectivity index (χ1n) is 8.30. The number of hydrogen-bond acceptors (Lipinski definition) is 4. The zero-order chi connectivity index (χ0) is 19.2. The van der Waals surface area contributed by atoms with E-state index >= 15 is 0 Å². The molecule has 9 nitrogen and oxygen atoms in total. The van der Waals surface area contributed by atoms with Crippen molar-refractivity contribution in [3.05, 3.63) is 35.9 Å². The van der Waals surface area contributed by atoms with E-state index in [-0.39, 0.29) is 6.42 Å². The van der Waals surface area contributed by atoms with Crippen LogP contribution in [0.25, 0.3) is 0 Å². The molecule has 0 aliphatic carbocycles. The number of phosphoric acid groups is 1. The largest absolute Gasteiger partial charge is 0.480 e. The number of rotatable bonds is 7. The zero-order valence-corrected chi connectivity index (χ0v) is 15.0. The van der Waals surface area contributed by atoms with Gasteiger partial charge in [-0.1, -0.05) is 30.3 Å². The quantitative estimate of drug-likeness (QED) is 0.519. The van der Waals surface area contributed by atoms with Crippen molar-refractivity contribution >= 4 is 19.8 Å². The third-order valence-corrected chi connectivity index (χ3v) is 4.63. The summed E-state index contributed by atoms with van der Waals surface area (Å²) < 4.78 is 15.5. The maximum absolute atomic E-state index is 12.5. The Hall–Kier alpha value is -1.93. The lowest BCUT2D eigenvalue weighted by atomic mass is 10.0. The Morgan fingerprint density at radius 3 is 2.58 bits per heavy atom. The summed E-state index contributed by atoms with van der Waals surface area (Å²) in [7, 11) is -4.69. The maximum atomic E-state index is 12.5. The second kappa shape index (κ2) is 9.14. The fourth-order valence-electron chi connectivity index (χ4n) is 2.93. The van der Waals surface area contributed by atoms with E-state index in [1.54, 1.807) is 0 Å². The van der Waals surface area contributed by atoms with Gasteiger partial charge in [-0.3, -0.25) is 4.52 Å². The summed E-state index contributed by atoms with van der Waals surface area (Å²) in [5, 5.41) is 11.9. The number of carboxylic acids is 1. The van der Waals surface area contributed by atoms with Crippen molar-refractivity contribution in [1.29, 1.82) is 0 Å². The number of piperidine rings is 1. The van der Waals surface area contributed by atoms with Crippen LogP contribution in [0.5, 0.6) is 0 Å². The SMILES string of the molecule is O=C(O)[C@@H]1CCCCN1C(=O)N[C@@H](COP(=O)(O)O)Cc1ccccc1. The third-order valence-electron chi connectivity index (χ3n) is 4.15. The van der Waals surface area contributed by atoms with Crippen LogP contribution in [-0.4, -0.2) is 57.0 Å². The molecule has 0 saturated carbocycles. The number of nitrogens with zero attached hydrogens (tertiary/aromatic N) is 1. The lowest BCUT2D eigenvalue weighted by Gasteiger charge is -2.34. The van der Waals surface area contributed by atoms with E-state index in [9.17, 15) is 19.3 Å². The molecule has 0 aromatic heterocycles. The lowest BCUT2D eigenvalue weighted by Crippen LogP contribution is -2.54. The van der Waals surface area contributed by atoms with E-state index in [2.05, 4.69) is 9.84 Å². The van der Waals surface area contributed by atoms with Gasteiger partial charge in [-0.2, -0.15) is 0 Å². The number of carboxylic acid groups (broad SMARTS) is 1. The average Bonchev–Trinajstić information content (AvgIpc) is 2.60. The molecular formula is C16H23N2O7P. The Kier molecular flexibility index (Phi) is 7.16. The second-order valence-corrected chi connectivity index (χ2v) is 7.41. The number of aliphatic carboxylic acids is 1. The molecule has 10 heteroatoms. The summed E-state index contributed by atoms with van der Waals surface area (Å²) in [6.07, 6.45) is 2.11. The summed E-state index contributed by atoms with van der Waals surface area (Å²) in [5.74, 6) is -1.06. The predicted molar refractivity (Wildman–Crippen MR) is 92.4 cm³/mol. The van der Waals surface area contributed by atoms with E-state index in [1.807, 2.05) is 30.3 Å². The van der Waals surface area contributed by atoms with Gasteiger partial charge in [-0.15, -0.1) is 0 Å². The molecule has 1 aliphatic rings. The van der Waals surface area contributed by atoms with Crippen LogP contribution in [0.3, 0.4) is 0 Å². The normalized spacial score (nSPS) is 19.0. The molecule has 0 unspecified atom stereocenters. The van der Waals surface area contributed by atoms with Gasteiger partial charge in [0, 0.05) is 6.54 Å². The molecule has 2 atom stereocenters. The van der Waals surface area contributed by atoms with Crippen molar-refractivity contribution < 1.29 is 33.6 Å². The first-order valence-corrected chi connectivity index (χ1v) is 9.83. The van der Waals surface area contributed by atoms with Crippen molar-refractivity contribution in [3.8, 4) is 0 Å². The van der Waals surface area contributed by atoms with E-state index in [0.717, 1.165) is 12.0 Å². The second-order valence-electron chi connectivity index (χ2n) is 6.17. The molecular weight excluding hydrogens is 363 g/mol. The summed E-state index contributed by atoms with van der Waals surface area (Å²) >= 11 is 0. The molecule has 26 heavy (non-hydrogen) atoms. The number of nitrogens with one attached hydrogen (secondary N) is 1. The summed E-state index contributed by atoms with van der Waals surface area (Å²) in [5.41, 5.74) is 0.848. The van der Waals surface area contributed by atoms with Crippen LogP contribution in [0.4, 0.5) is 4.79 Å². The minimum absolute atomic E-state index is 0.290. The van der Waals surface area contributed by atoms with Crippen LogP contribution in [-0.2, 0) is 20.3 Å². The molecule has 1 fully saturated rings. The van der Waals surface area contributed by atoms with E-state index < -0.39 is 38.5 Å². The van der Waals surface area contributed by atoms with Crippen LogP contribution >= 0.6 is 7.82 Å². The number of carbonyl (C=O) groups excluding carboxylic acids is 1. The van der Waals surface area contributed by atoms with Gasteiger partial charge in [0.05, 0.1) is 12.6 Å². The van der Waals surface area contributed by atoms with Crippen molar-refractivity contribution in [2.24, 2.45) is 0 Å². The number of urea groups is 1. The number of likely N-dealkylation sites (tertiary alicyclic amines) is 1. The van der Waals surface area contributed by atoms with E-state index in [1.165, 1.54) is 4.90 Å². The first-order chi connectivity index (χ1) is 12.3. The standard InChI is InChI=1S/C16H23N2O7P/c19-15(20)14-8-4-5-9-18(14)16(21)17-13(11-25-26(22,23)24)10-12-6-2-1-3-7-12/h1-3,6-7,13-14H,4-5,8-11H2,(H,17,21)(H,19,20)(H2,22,23,24)/t13-,14+/m1/s1. The third kappa shape index (κ3) is 6.42. The Balaban J connectivity index is 2.07. The highest BCUT2D eigenvalue weighted by molar-refractivity contribution is 7.46. The number of hydrogen-bond donors (Lipinski definition) is 4. The van der Waals surface area contributed by atoms with Gasteiger partial charge in [0.25, 0.3) is 0 Å². The number of phosphoric ester groups is 1. The van der Waals surface area contributed by atoms with Gasteiger partial charge in [0.15, 0.2) is 0 Å². The summed E-state index contributed by atoms with van der Waals surface area (Å²) in [6.45, 7) is -0.0727. The highest BCUT2D eigenvalue weighted by Gasteiger charge is 2.33. The monoisotopic (exact) mass is 386 g/mol. The van der Waals surface area contributed by atoms with Crippen LogP contribution in [0.15, 0.2) is 30.3 Å². The maximum Gasteiger partial charge on any atom is 0.469 e. The number of benzene rings is 1. The fourth-order valence-corrected chi connectivity index (χ4v) is 3.30. The van der Waals surface area contributed by atoms with Crippen LogP contribution in [0, 0.1) is 0 Å². The smallest absolute Gasteiger partial charge is 0.469 e. The topological polar surface area (TPSA) is 136 Å². The molecule has 144 valence electrons. The number of carbonyl (C=O) groups is 2. The predicted octanol–water partition coefficient (Wildman–Crippen LogP) is 1.36. The zero-order valence-electron chi connectivity index (χ0n) is 14.2. The Bertz CT molecular complexity index is 664. The Morgan fingerprint density at radius 2 is 1.96 bits per heavy atom. The number of amides is 2. The van der Waals surface area contributed by atoms with Crippen molar-refractivity contribution in [2.75, 3.05) is 13.2 Å². The van der Waals surface area contributed by atoms with E-state index in [0.29, 0.717) is 19.4 Å². The van der Waals surface area contributed by atoms with Gasteiger partial charge in [0.2, 0.25) is 0 Å². The molecule has 1 aromatic carbocycles.